The number of rotatable bonds is 17. The Labute approximate surface area is 182 Å². The molecule has 0 amide bonds. The van der Waals surface area contributed by atoms with Gasteiger partial charge in [-0.05, 0) is 49.9 Å². The van der Waals surface area contributed by atoms with Crippen molar-refractivity contribution in [2.24, 2.45) is 0 Å². The van der Waals surface area contributed by atoms with Crippen LogP contribution in [0.15, 0.2) is 59.2 Å². The van der Waals surface area contributed by atoms with Gasteiger partial charge in [0, 0.05) is 24.2 Å². The number of aromatic hydroxyl groups is 1. The van der Waals surface area contributed by atoms with Crippen LogP contribution in [0.5, 0.6) is 5.75 Å². The summed E-state index contributed by atoms with van der Waals surface area (Å²) in [5.41, 5.74) is 7.30. The fourth-order valence-corrected chi connectivity index (χ4v) is 3.57. The number of allylic oxidation sites excluding steroid dienone is 2. The van der Waals surface area contributed by atoms with Crippen molar-refractivity contribution in [1.29, 1.82) is 0 Å². The average molecular weight is 411 g/mol. The normalized spacial score (nSPS) is 12.8. The summed E-state index contributed by atoms with van der Waals surface area (Å²) in [4.78, 5) is 0. The molecule has 1 aliphatic carbocycles. The van der Waals surface area contributed by atoms with Crippen molar-refractivity contribution in [3.63, 3.8) is 0 Å². The third-order valence-corrected chi connectivity index (χ3v) is 5.44. The number of phenols is 1. The molecule has 0 spiro atoms. The Morgan fingerprint density at radius 3 is 1.87 bits per heavy atom. The molecule has 30 heavy (non-hydrogen) atoms. The molecule has 0 radical (unpaired) electrons. The van der Waals surface area contributed by atoms with E-state index in [1.807, 2.05) is 24.3 Å². The molecule has 0 aliphatic heterocycles. The van der Waals surface area contributed by atoms with E-state index in [0.717, 1.165) is 30.8 Å². The molecule has 0 aromatic heterocycles. The van der Waals surface area contributed by atoms with E-state index < -0.39 is 0 Å². The Morgan fingerprint density at radius 1 is 0.700 bits per heavy atom. The maximum atomic E-state index is 9.72. The molecule has 4 nitrogen and oxygen atoms in total. The SMILES string of the molecule is OC1=C=C=CC=C1CNCCCCCCCCCCCCNCc1ccccc1O. The van der Waals surface area contributed by atoms with Crippen LogP contribution in [0.25, 0.3) is 0 Å². The first kappa shape index (κ1) is 24.1. The maximum absolute atomic E-state index is 9.72. The zero-order chi connectivity index (χ0) is 21.3. The highest BCUT2D eigenvalue weighted by Crippen LogP contribution is 2.15. The van der Waals surface area contributed by atoms with Gasteiger partial charge in [0.15, 0.2) is 5.76 Å². The number of hydrogen-bond acceptors (Lipinski definition) is 4. The quantitative estimate of drug-likeness (QED) is 0.197. The molecule has 4 heteroatoms. The van der Waals surface area contributed by atoms with Crippen LogP contribution in [0.1, 0.15) is 69.8 Å². The largest absolute Gasteiger partial charge is 0.508 e. The monoisotopic (exact) mass is 410 g/mol. The van der Waals surface area contributed by atoms with Crippen LogP contribution in [-0.4, -0.2) is 29.8 Å². The predicted molar refractivity (Wildman–Crippen MR) is 125 cm³/mol. The van der Waals surface area contributed by atoms with Crippen LogP contribution in [0.3, 0.4) is 0 Å². The second kappa shape index (κ2) is 15.6. The van der Waals surface area contributed by atoms with Gasteiger partial charge in [-0.15, -0.1) is 0 Å². The third-order valence-electron chi connectivity index (χ3n) is 5.44. The Balaban J connectivity index is 1.28. The first-order valence-corrected chi connectivity index (χ1v) is 11.6. The highest BCUT2D eigenvalue weighted by atomic mass is 16.3. The molecule has 0 atom stereocenters. The number of para-hydroxylation sites is 1. The van der Waals surface area contributed by atoms with Crippen LogP contribution in [0.4, 0.5) is 0 Å². The van der Waals surface area contributed by atoms with Crippen LogP contribution < -0.4 is 10.6 Å². The fourth-order valence-electron chi connectivity index (χ4n) is 3.57. The van der Waals surface area contributed by atoms with Gasteiger partial charge >= 0.3 is 0 Å². The molecule has 1 aromatic rings. The van der Waals surface area contributed by atoms with Crippen LogP contribution in [0, 0.1) is 0 Å². The maximum Gasteiger partial charge on any atom is 0.172 e. The number of hydrogen-bond donors (Lipinski definition) is 4. The molecular formula is C26H38N2O2. The van der Waals surface area contributed by atoms with Gasteiger partial charge in [0.25, 0.3) is 0 Å². The summed E-state index contributed by atoms with van der Waals surface area (Å²) < 4.78 is 0. The number of benzene rings is 1. The van der Waals surface area contributed by atoms with Gasteiger partial charge in [0.2, 0.25) is 0 Å². The number of phenolic OH excluding ortho intramolecular Hbond substituents is 1. The second-order valence-electron chi connectivity index (χ2n) is 7.99. The zero-order valence-electron chi connectivity index (χ0n) is 18.3. The molecule has 0 heterocycles. The molecular weight excluding hydrogens is 372 g/mol. The smallest absolute Gasteiger partial charge is 0.172 e. The Bertz CT molecular complexity index is 741. The molecule has 0 saturated heterocycles. The predicted octanol–water partition coefficient (Wildman–Crippen LogP) is 5.66. The number of aliphatic hydroxyl groups excluding tert-OH is 1. The number of unbranched alkanes of at least 4 members (excludes halogenated alkanes) is 9. The van der Waals surface area contributed by atoms with E-state index in [9.17, 15) is 10.2 Å². The minimum absolute atomic E-state index is 0.203. The van der Waals surface area contributed by atoms with Crippen molar-refractivity contribution >= 4 is 0 Å². The highest BCUT2D eigenvalue weighted by molar-refractivity contribution is 5.32. The standard InChI is InChI=1S/C26H38N2O2/c29-25-17-11-9-15-23(25)21-27-19-13-7-5-3-1-2-4-6-8-14-20-28-22-24-16-10-12-18-26(24)30/h9-11,15-17,27-30H,1-8,13-14,19-22H2. The van der Waals surface area contributed by atoms with Gasteiger partial charge in [-0.2, -0.15) is 0 Å². The summed E-state index contributed by atoms with van der Waals surface area (Å²) in [5.74, 6) is 0.583. The number of nitrogens with one attached hydrogen (secondary N) is 2. The molecule has 164 valence electrons. The van der Waals surface area contributed by atoms with E-state index in [1.54, 1.807) is 12.1 Å². The average Bonchev–Trinajstić information content (AvgIpc) is 2.76. The van der Waals surface area contributed by atoms with E-state index in [2.05, 4.69) is 22.1 Å². The van der Waals surface area contributed by atoms with Crippen molar-refractivity contribution in [3.05, 3.63) is 64.8 Å². The first-order chi connectivity index (χ1) is 14.8. The Hall–Kier alpha value is -2.22. The number of aliphatic hydroxyl groups is 1. The summed E-state index contributed by atoms with van der Waals surface area (Å²) >= 11 is 0. The molecule has 0 bridgehead atoms. The van der Waals surface area contributed by atoms with E-state index in [-0.39, 0.29) is 5.76 Å². The zero-order valence-corrected chi connectivity index (χ0v) is 18.3. The van der Waals surface area contributed by atoms with E-state index in [0.29, 0.717) is 12.3 Å². The minimum atomic E-state index is 0.203. The summed E-state index contributed by atoms with van der Waals surface area (Å²) in [6.45, 7) is 3.45. The molecule has 0 unspecified atom stereocenters. The molecule has 4 N–H and O–H groups in total. The van der Waals surface area contributed by atoms with Gasteiger partial charge in [-0.1, -0.05) is 75.3 Å². The van der Waals surface area contributed by atoms with Crippen molar-refractivity contribution < 1.29 is 10.2 Å². The second-order valence-corrected chi connectivity index (χ2v) is 7.99. The van der Waals surface area contributed by atoms with Crippen molar-refractivity contribution in [1.82, 2.24) is 10.6 Å². The summed E-state index contributed by atoms with van der Waals surface area (Å²) in [6.07, 6.45) is 16.6. The summed E-state index contributed by atoms with van der Waals surface area (Å²) in [5, 5.41) is 26.2. The Morgan fingerprint density at radius 2 is 1.27 bits per heavy atom. The lowest BCUT2D eigenvalue weighted by Gasteiger charge is -2.08. The summed E-state index contributed by atoms with van der Waals surface area (Å²) in [7, 11) is 0. The van der Waals surface area contributed by atoms with E-state index in [4.69, 9.17) is 0 Å². The lowest BCUT2D eigenvalue weighted by atomic mass is 10.1. The van der Waals surface area contributed by atoms with E-state index >= 15 is 0 Å². The molecule has 0 fully saturated rings. The Kier molecular flexibility index (Phi) is 12.5. The molecule has 1 aliphatic rings. The first-order valence-electron chi connectivity index (χ1n) is 11.6. The molecule has 0 saturated carbocycles. The molecule has 1 aromatic carbocycles. The van der Waals surface area contributed by atoms with Crippen LogP contribution in [0.2, 0.25) is 0 Å². The lowest BCUT2D eigenvalue weighted by molar-refractivity contribution is 0.419. The van der Waals surface area contributed by atoms with Gasteiger partial charge in [0.05, 0.1) is 0 Å². The van der Waals surface area contributed by atoms with Gasteiger partial charge in [-0.25, -0.2) is 0 Å². The van der Waals surface area contributed by atoms with Gasteiger partial charge < -0.3 is 20.8 Å². The van der Waals surface area contributed by atoms with Gasteiger partial charge in [0.1, 0.15) is 5.75 Å². The summed E-state index contributed by atoms with van der Waals surface area (Å²) in [6, 6.07) is 7.52. The van der Waals surface area contributed by atoms with Crippen LogP contribution in [-0.2, 0) is 6.54 Å². The third kappa shape index (κ3) is 10.5. The van der Waals surface area contributed by atoms with Crippen molar-refractivity contribution in [2.75, 3.05) is 19.6 Å². The van der Waals surface area contributed by atoms with Crippen molar-refractivity contribution in [2.45, 2.75) is 70.8 Å². The minimum Gasteiger partial charge on any atom is -0.508 e. The topological polar surface area (TPSA) is 64.5 Å². The highest BCUT2D eigenvalue weighted by Gasteiger charge is 2.03. The lowest BCUT2D eigenvalue weighted by Crippen LogP contribution is -2.19. The van der Waals surface area contributed by atoms with Gasteiger partial charge in [-0.3, -0.25) is 0 Å². The molecule has 2 rings (SSSR count). The van der Waals surface area contributed by atoms with E-state index in [1.165, 1.54) is 64.2 Å². The van der Waals surface area contributed by atoms with Crippen molar-refractivity contribution in [3.8, 4) is 5.75 Å². The fraction of sp³-hybridized carbons (Fsp3) is 0.538. The van der Waals surface area contributed by atoms with Crippen LogP contribution >= 0.6 is 0 Å².